The van der Waals surface area contributed by atoms with Crippen LogP contribution in [-0.4, -0.2) is 10.9 Å². The molecule has 0 fully saturated rings. The van der Waals surface area contributed by atoms with Gasteiger partial charge in [0.05, 0.1) is 17.1 Å². The first-order chi connectivity index (χ1) is 11.0. The van der Waals surface area contributed by atoms with E-state index in [2.05, 4.69) is 29.4 Å². The Morgan fingerprint density at radius 3 is 2.70 bits per heavy atom. The van der Waals surface area contributed by atoms with E-state index >= 15 is 0 Å². The Morgan fingerprint density at radius 1 is 1.22 bits per heavy atom. The van der Waals surface area contributed by atoms with E-state index in [1.54, 1.807) is 11.3 Å². The Morgan fingerprint density at radius 2 is 2.00 bits per heavy atom. The second-order valence-corrected chi connectivity index (χ2v) is 7.51. The molecule has 0 atom stereocenters. The molecule has 0 aliphatic carbocycles. The van der Waals surface area contributed by atoms with Gasteiger partial charge in [-0.2, -0.15) is 0 Å². The third-order valence-electron chi connectivity index (χ3n) is 3.63. The summed E-state index contributed by atoms with van der Waals surface area (Å²) >= 11 is 3.12. The summed E-state index contributed by atoms with van der Waals surface area (Å²) in [6.45, 7) is 6.60. The monoisotopic (exact) mass is 342 g/mol. The second kappa shape index (κ2) is 6.64. The average Bonchev–Trinajstić information content (AvgIpc) is 3.11. The van der Waals surface area contributed by atoms with Crippen LogP contribution in [0.3, 0.4) is 0 Å². The van der Waals surface area contributed by atoms with Crippen molar-refractivity contribution in [2.45, 2.75) is 27.3 Å². The van der Waals surface area contributed by atoms with Crippen molar-refractivity contribution in [3.63, 3.8) is 0 Å². The van der Waals surface area contributed by atoms with Gasteiger partial charge in [-0.1, -0.05) is 24.3 Å². The molecule has 3 nitrogen and oxygen atoms in total. The van der Waals surface area contributed by atoms with Crippen LogP contribution in [0.2, 0.25) is 0 Å². The molecule has 118 valence electrons. The fraction of sp³-hybridized carbons (Fsp3) is 0.222. The molecule has 0 saturated carbocycles. The van der Waals surface area contributed by atoms with Crippen LogP contribution < -0.4 is 5.32 Å². The van der Waals surface area contributed by atoms with Gasteiger partial charge in [0.1, 0.15) is 5.01 Å². The Hall–Kier alpha value is -1.98. The lowest BCUT2D eigenvalue weighted by Crippen LogP contribution is -2.21. The number of amides is 1. The molecule has 5 heteroatoms. The van der Waals surface area contributed by atoms with E-state index in [1.807, 2.05) is 37.4 Å². The summed E-state index contributed by atoms with van der Waals surface area (Å²) in [5, 5.41) is 5.99. The predicted molar refractivity (Wildman–Crippen MR) is 97.3 cm³/mol. The zero-order valence-electron chi connectivity index (χ0n) is 13.3. The highest BCUT2D eigenvalue weighted by molar-refractivity contribution is 7.15. The van der Waals surface area contributed by atoms with Crippen LogP contribution in [0.5, 0.6) is 0 Å². The number of aryl methyl sites for hydroxylation is 3. The van der Waals surface area contributed by atoms with Crippen LogP contribution in [0.1, 0.15) is 31.4 Å². The molecule has 1 N–H and O–H groups in total. The van der Waals surface area contributed by atoms with Crippen LogP contribution in [0, 0.1) is 20.8 Å². The minimum atomic E-state index is -0.0201. The van der Waals surface area contributed by atoms with Crippen LogP contribution in [0.15, 0.2) is 35.7 Å². The molecule has 3 rings (SSSR count). The number of carbonyl (C=O) groups excluding carboxylic acids is 1. The maximum atomic E-state index is 12.2. The first kappa shape index (κ1) is 15.9. The molecule has 3 aromatic rings. The number of thiophene rings is 1. The van der Waals surface area contributed by atoms with Gasteiger partial charge in [-0.25, -0.2) is 4.98 Å². The summed E-state index contributed by atoms with van der Waals surface area (Å²) in [5.41, 5.74) is 4.48. The van der Waals surface area contributed by atoms with Gasteiger partial charge in [0.15, 0.2) is 0 Å². The molecule has 0 aliphatic rings. The standard InChI is InChI=1S/C18H18N2OS2/c1-11-8-15(22-10-11)17(21)19-9-16-13(3)20-18(23-16)14-7-5-4-6-12(14)2/h4-8,10H,9H2,1-3H3,(H,19,21). The molecular formula is C18H18N2OS2. The predicted octanol–water partition coefficient (Wildman–Crippen LogP) is 4.73. The second-order valence-electron chi connectivity index (χ2n) is 5.51. The molecule has 1 aromatic carbocycles. The summed E-state index contributed by atoms with van der Waals surface area (Å²) in [4.78, 5) is 18.7. The summed E-state index contributed by atoms with van der Waals surface area (Å²) in [5.74, 6) is -0.0201. The van der Waals surface area contributed by atoms with Crippen molar-refractivity contribution in [1.82, 2.24) is 10.3 Å². The number of carbonyl (C=O) groups is 1. The van der Waals surface area contributed by atoms with Gasteiger partial charge in [-0.05, 0) is 43.3 Å². The third-order valence-corrected chi connectivity index (χ3v) is 5.87. The number of thiazole rings is 1. The van der Waals surface area contributed by atoms with Crippen molar-refractivity contribution in [2.24, 2.45) is 0 Å². The highest BCUT2D eigenvalue weighted by Gasteiger charge is 2.13. The first-order valence-corrected chi connectivity index (χ1v) is 9.10. The van der Waals surface area contributed by atoms with Crippen molar-refractivity contribution < 1.29 is 4.79 Å². The van der Waals surface area contributed by atoms with Crippen LogP contribution in [0.4, 0.5) is 0 Å². The fourth-order valence-corrected chi connectivity index (χ4v) is 4.22. The van der Waals surface area contributed by atoms with Gasteiger partial charge < -0.3 is 5.32 Å². The molecule has 0 unspecified atom stereocenters. The molecule has 0 radical (unpaired) electrons. The summed E-state index contributed by atoms with van der Waals surface area (Å²) in [7, 11) is 0. The lowest BCUT2D eigenvalue weighted by molar-refractivity contribution is 0.0955. The number of nitrogens with one attached hydrogen (secondary N) is 1. The summed E-state index contributed by atoms with van der Waals surface area (Å²) in [6, 6.07) is 10.2. The zero-order valence-corrected chi connectivity index (χ0v) is 15.0. The van der Waals surface area contributed by atoms with E-state index < -0.39 is 0 Å². The van der Waals surface area contributed by atoms with E-state index in [0.717, 1.165) is 31.6 Å². The number of hydrogen-bond donors (Lipinski definition) is 1. The van der Waals surface area contributed by atoms with Gasteiger partial charge in [-0.15, -0.1) is 22.7 Å². The van der Waals surface area contributed by atoms with E-state index in [4.69, 9.17) is 0 Å². The lowest BCUT2D eigenvalue weighted by Gasteiger charge is -2.02. The molecule has 1 amide bonds. The molecule has 2 heterocycles. The molecule has 0 bridgehead atoms. The fourth-order valence-electron chi connectivity index (χ4n) is 2.32. The molecule has 2 aromatic heterocycles. The highest BCUT2D eigenvalue weighted by atomic mass is 32.1. The Labute approximate surface area is 144 Å². The smallest absolute Gasteiger partial charge is 0.261 e. The first-order valence-electron chi connectivity index (χ1n) is 7.40. The van der Waals surface area contributed by atoms with Crippen molar-refractivity contribution in [1.29, 1.82) is 0 Å². The molecule has 23 heavy (non-hydrogen) atoms. The third kappa shape index (κ3) is 3.51. The van der Waals surface area contributed by atoms with Crippen LogP contribution in [0.25, 0.3) is 10.6 Å². The van der Waals surface area contributed by atoms with Crippen molar-refractivity contribution >= 4 is 28.6 Å². The van der Waals surface area contributed by atoms with Gasteiger partial charge in [0, 0.05) is 10.4 Å². The maximum absolute atomic E-state index is 12.2. The molecular weight excluding hydrogens is 324 g/mol. The van der Waals surface area contributed by atoms with Crippen molar-refractivity contribution in [2.75, 3.05) is 0 Å². The Bertz CT molecular complexity index is 848. The van der Waals surface area contributed by atoms with Crippen LogP contribution >= 0.6 is 22.7 Å². The molecule has 0 aliphatic heterocycles. The summed E-state index contributed by atoms with van der Waals surface area (Å²) < 4.78 is 0. The largest absolute Gasteiger partial charge is 0.346 e. The number of hydrogen-bond acceptors (Lipinski definition) is 4. The quantitative estimate of drug-likeness (QED) is 0.745. The SMILES string of the molecule is Cc1csc(C(=O)NCc2sc(-c3ccccc3C)nc2C)c1. The Kier molecular flexibility index (Phi) is 4.59. The maximum Gasteiger partial charge on any atom is 0.261 e. The average molecular weight is 342 g/mol. The van der Waals surface area contributed by atoms with E-state index in [0.29, 0.717) is 6.54 Å². The van der Waals surface area contributed by atoms with Crippen LogP contribution in [-0.2, 0) is 6.54 Å². The van der Waals surface area contributed by atoms with E-state index in [9.17, 15) is 4.79 Å². The number of aromatic nitrogens is 1. The number of benzene rings is 1. The Balaban J connectivity index is 1.74. The highest BCUT2D eigenvalue weighted by Crippen LogP contribution is 2.30. The lowest BCUT2D eigenvalue weighted by atomic mass is 10.1. The zero-order chi connectivity index (χ0) is 16.4. The van der Waals surface area contributed by atoms with Crippen molar-refractivity contribution in [3.05, 3.63) is 62.3 Å². The van der Waals surface area contributed by atoms with Gasteiger partial charge in [0.25, 0.3) is 5.91 Å². The van der Waals surface area contributed by atoms with E-state index in [1.165, 1.54) is 16.9 Å². The van der Waals surface area contributed by atoms with E-state index in [-0.39, 0.29) is 5.91 Å². The van der Waals surface area contributed by atoms with Crippen molar-refractivity contribution in [3.8, 4) is 10.6 Å². The number of rotatable bonds is 4. The van der Waals surface area contributed by atoms with Gasteiger partial charge in [-0.3, -0.25) is 4.79 Å². The normalized spacial score (nSPS) is 10.7. The number of nitrogens with zero attached hydrogens (tertiary/aromatic N) is 1. The minimum absolute atomic E-state index is 0.0201. The van der Waals surface area contributed by atoms with Gasteiger partial charge in [0.2, 0.25) is 0 Å². The topological polar surface area (TPSA) is 42.0 Å². The van der Waals surface area contributed by atoms with Gasteiger partial charge >= 0.3 is 0 Å². The summed E-state index contributed by atoms with van der Waals surface area (Å²) in [6.07, 6.45) is 0. The molecule has 0 spiro atoms. The molecule has 0 saturated heterocycles. The minimum Gasteiger partial charge on any atom is -0.346 e.